The molecule has 1 aromatic carbocycles. The molecule has 1 atom stereocenters. The van der Waals surface area contributed by atoms with Crippen LogP contribution in [-0.4, -0.2) is 19.8 Å². The summed E-state index contributed by atoms with van der Waals surface area (Å²) in [6.07, 6.45) is 0.806. The lowest BCUT2D eigenvalue weighted by Gasteiger charge is -2.13. The van der Waals surface area contributed by atoms with Crippen LogP contribution >= 0.6 is 15.9 Å². The summed E-state index contributed by atoms with van der Waals surface area (Å²) in [6, 6.07) is 2.50. The monoisotopic (exact) mass is 355 g/mol. The summed E-state index contributed by atoms with van der Waals surface area (Å²) in [5.41, 5.74) is 0. The second-order valence-corrected chi connectivity index (χ2v) is 7.72. The summed E-state index contributed by atoms with van der Waals surface area (Å²) in [5.74, 6) is -1.82. The number of halogens is 3. The zero-order chi connectivity index (χ0) is 14.6. The summed E-state index contributed by atoms with van der Waals surface area (Å²) in [6.45, 7) is 4.25. The van der Waals surface area contributed by atoms with E-state index in [1.54, 1.807) is 0 Å². The maximum absolute atomic E-state index is 13.0. The van der Waals surface area contributed by atoms with Gasteiger partial charge in [-0.2, -0.15) is 0 Å². The number of rotatable bonds is 6. The Morgan fingerprint density at radius 3 is 2.42 bits per heavy atom. The zero-order valence-corrected chi connectivity index (χ0v) is 13.1. The minimum atomic E-state index is -3.82. The van der Waals surface area contributed by atoms with Gasteiger partial charge >= 0.3 is 0 Å². The summed E-state index contributed by atoms with van der Waals surface area (Å²) < 4.78 is 51.8. The highest BCUT2D eigenvalue weighted by atomic mass is 79.9. The average Bonchev–Trinajstić information content (AvgIpc) is 2.29. The molecule has 108 valence electrons. The molecule has 1 rings (SSSR count). The molecule has 0 aliphatic rings. The third-order valence-electron chi connectivity index (χ3n) is 2.42. The third-order valence-corrected chi connectivity index (χ3v) is 4.54. The molecule has 0 saturated heterocycles. The first-order valence-electron chi connectivity index (χ1n) is 5.81. The molecule has 3 nitrogen and oxygen atoms in total. The van der Waals surface area contributed by atoms with Gasteiger partial charge in [0.1, 0.15) is 0 Å². The Morgan fingerprint density at radius 1 is 1.26 bits per heavy atom. The molecule has 1 aromatic rings. The molecular formula is C12H16BrF2NO2S. The highest BCUT2D eigenvalue weighted by Crippen LogP contribution is 2.15. The normalized spacial score (nSPS) is 13.8. The second kappa shape index (κ2) is 6.76. The van der Waals surface area contributed by atoms with Crippen LogP contribution in [0.3, 0.4) is 0 Å². The minimum Gasteiger partial charge on any atom is -0.210 e. The van der Waals surface area contributed by atoms with Gasteiger partial charge in [-0.1, -0.05) is 29.8 Å². The van der Waals surface area contributed by atoms with E-state index in [-0.39, 0.29) is 16.3 Å². The van der Waals surface area contributed by atoms with Crippen molar-refractivity contribution >= 4 is 26.0 Å². The van der Waals surface area contributed by atoms with E-state index >= 15 is 0 Å². The fourth-order valence-corrected chi connectivity index (χ4v) is 3.74. The van der Waals surface area contributed by atoms with E-state index in [4.69, 9.17) is 0 Å². The fraction of sp³-hybridized carbons (Fsp3) is 0.500. The number of hydrogen-bond donors (Lipinski definition) is 1. The maximum Gasteiger partial charge on any atom is 0.240 e. The molecule has 0 heterocycles. The van der Waals surface area contributed by atoms with E-state index in [1.807, 2.05) is 13.8 Å². The highest BCUT2D eigenvalue weighted by Gasteiger charge is 2.18. The van der Waals surface area contributed by atoms with Crippen molar-refractivity contribution < 1.29 is 17.2 Å². The summed E-state index contributed by atoms with van der Waals surface area (Å²) in [5, 5.41) is 0. The first-order chi connectivity index (χ1) is 8.72. The van der Waals surface area contributed by atoms with Gasteiger partial charge in [0.15, 0.2) is 11.6 Å². The lowest BCUT2D eigenvalue weighted by Crippen LogP contribution is -2.30. The first-order valence-corrected chi connectivity index (χ1v) is 8.21. The van der Waals surface area contributed by atoms with E-state index in [1.165, 1.54) is 0 Å². The Balaban J connectivity index is 2.73. The predicted molar refractivity (Wildman–Crippen MR) is 73.7 cm³/mol. The Bertz CT molecular complexity index is 535. The van der Waals surface area contributed by atoms with Crippen molar-refractivity contribution in [3.05, 3.63) is 29.8 Å². The van der Waals surface area contributed by atoms with Crippen molar-refractivity contribution in [1.82, 2.24) is 4.72 Å². The number of alkyl halides is 1. The molecule has 0 fully saturated rings. The van der Waals surface area contributed by atoms with E-state index < -0.39 is 21.7 Å². The van der Waals surface area contributed by atoms with Crippen molar-refractivity contribution in [3.8, 4) is 0 Å². The van der Waals surface area contributed by atoms with Gasteiger partial charge in [-0.3, -0.25) is 0 Å². The summed E-state index contributed by atoms with van der Waals surface area (Å²) >= 11 is 3.37. The van der Waals surface area contributed by atoms with Crippen LogP contribution < -0.4 is 4.72 Å². The standard InChI is InChI=1S/C12H16BrF2NO2S/c1-8(2)5-9(13)7-16-19(17,18)10-3-4-11(14)12(15)6-10/h3-4,6,8-9,16H,5,7H2,1-2H3. The van der Waals surface area contributed by atoms with E-state index in [2.05, 4.69) is 20.7 Å². The summed E-state index contributed by atoms with van der Waals surface area (Å²) in [7, 11) is -3.82. The van der Waals surface area contributed by atoms with E-state index in [0.29, 0.717) is 12.0 Å². The largest absolute Gasteiger partial charge is 0.240 e. The lowest BCUT2D eigenvalue weighted by molar-refractivity contribution is 0.504. The smallest absolute Gasteiger partial charge is 0.210 e. The number of nitrogens with one attached hydrogen (secondary N) is 1. The predicted octanol–water partition coefficient (Wildman–Crippen LogP) is 3.05. The van der Waals surface area contributed by atoms with Crippen LogP contribution in [0, 0.1) is 17.6 Å². The van der Waals surface area contributed by atoms with Gasteiger partial charge in [-0.25, -0.2) is 21.9 Å². The van der Waals surface area contributed by atoms with Gasteiger partial charge in [0.05, 0.1) is 4.90 Å². The number of benzene rings is 1. The molecular weight excluding hydrogens is 340 g/mol. The van der Waals surface area contributed by atoms with Crippen molar-refractivity contribution in [2.24, 2.45) is 5.92 Å². The minimum absolute atomic E-state index is 0.00688. The van der Waals surface area contributed by atoms with Crippen LogP contribution in [0.2, 0.25) is 0 Å². The van der Waals surface area contributed by atoms with Crippen molar-refractivity contribution in [2.45, 2.75) is 30.0 Å². The van der Waals surface area contributed by atoms with Crippen molar-refractivity contribution in [2.75, 3.05) is 6.54 Å². The molecule has 0 spiro atoms. The quantitative estimate of drug-likeness (QED) is 0.797. The molecule has 1 unspecified atom stereocenters. The van der Waals surface area contributed by atoms with Gasteiger partial charge in [-0.15, -0.1) is 0 Å². The van der Waals surface area contributed by atoms with Crippen molar-refractivity contribution in [3.63, 3.8) is 0 Å². The summed E-state index contributed by atoms with van der Waals surface area (Å²) in [4.78, 5) is -0.289. The topological polar surface area (TPSA) is 46.2 Å². The molecule has 0 aliphatic heterocycles. The highest BCUT2D eigenvalue weighted by molar-refractivity contribution is 9.09. The maximum atomic E-state index is 13.0. The SMILES string of the molecule is CC(C)CC(Br)CNS(=O)(=O)c1ccc(F)c(F)c1. The zero-order valence-electron chi connectivity index (χ0n) is 10.7. The van der Waals surface area contributed by atoms with Crippen LogP contribution in [-0.2, 0) is 10.0 Å². The molecule has 0 bridgehead atoms. The van der Waals surface area contributed by atoms with Gasteiger partial charge in [0, 0.05) is 11.4 Å². The lowest BCUT2D eigenvalue weighted by atomic mass is 10.1. The van der Waals surface area contributed by atoms with Crippen LogP contribution in [0.25, 0.3) is 0 Å². The molecule has 0 amide bonds. The Morgan fingerprint density at radius 2 is 1.89 bits per heavy atom. The van der Waals surface area contributed by atoms with E-state index in [9.17, 15) is 17.2 Å². The molecule has 7 heteroatoms. The fourth-order valence-electron chi connectivity index (χ4n) is 1.52. The van der Waals surface area contributed by atoms with Crippen LogP contribution in [0.4, 0.5) is 8.78 Å². The molecule has 0 aromatic heterocycles. The third kappa shape index (κ3) is 5.16. The van der Waals surface area contributed by atoms with Gasteiger partial charge in [-0.05, 0) is 30.5 Å². The Labute approximate surface area is 120 Å². The van der Waals surface area contributed by atoms with E-state index in [0.717, 1.165) is 18.6 Å². The van der Waals surface area contributed by atoms with Crippen molar-refractivity contribution in [1.29, 1.82) is 0 Å². The number of sulfonamides is 1. The Kier molecular flexibility index (Phi) is 5.88. The first kappa shape index (κ1) is 16.5. The van der Waals surface area contributed by atoms with Gasteiger partial charge < -0.3 is 0 Å². The second-order valence-electron chi connectivity index (χ2n) is 4.65. The molecule has 0 radical (unpaired) electrons. The van der Waals surface area contributed by atoms with Crippen LogP contribution in [0.5, 0.6) is 0 Å². The van der Waals surface area contributed by atoms with Crippen LogP contribution in [0.1, 0.15) is 20.3 Å². The average molecular weight is 356 g/mol. The number of hydrogen-bond acceptors (Lipinski definition) is 2. The Hall–Kier alpha value is -0.530. The molecule has 1 N–H and O–H groups in total. The van der Waals surface area contributed by atoms with Crippen LogP contribution in [0.15, 0.2) is 23.1 Å². The molecule has 19 heavy (non-hydrogen) atoms. The van der Waals surface area contributed by atoms with Gasteiger partial charge in [0.25, 0.3) is 0 Å². The van der Waals surface area contributed by atoms with Gasteiger partial charge in [0.2, 0.25) is 10.0 Å². The molecule has 0 saturated carbocycles. The molecule has 0 aliphatic carbocycles.